The fourth-order valence-corrected chi connectivity index (χ4v) is 4.77. The fraction of sp³-hybridized carbons (Fsp3) is 0.571. The molecule has 0 spiro atoms. The van der Waals surface area contributed by atoms with Gasteiger partial charge in [0.15, 0.2) is 0 Å². The summed E-state index contributed by atoms with van der Waals surface area (Å²) in [6, 6.07) is 3.81. The second-order valence-corrected chi connectivity index (χ2v) is 7.67. The molecule has 4 nitrogen and oxygen atoms in total. The third-order valence-electron chi connectivity index (χ3n) is 3.49. The Morgan fingerprint density at radius 2 is 1.68 bits per heavy atom. The molecule has 0 N–H and O–H groups in total. The number of sulfonamides is 1. The Balaban J connectivity index is 2.58. The summed E-state index contributed by atoms with van der Waals surface area (Å²) in [5.41, 5.74) is 2.16. The van der Waals surface area contributed by atoms with E-state index >= 15 is 0 Å². The van der Waals surface area contributed by atoms with E-state index in [0.717, 1.165) is 16.7 Å². The quantitative estimate of drug-likeness (QED) is 0.837. The van der Waals surface area contributed by atoms with Gasteiger partial charge in [-0.25, -0.2) is 8.42 Å². The predicted molar refractivity (Wildman–Crippen MR) is 74.6 cm³/mol. The minimum absolute atomic E-state index is 0.127. The molecule has 1 saturated heterocycles. The lowest BCUT2D eigenvalue weighted by atomic mass is 10.1. The first kappa shape index (κ1) is 14.5. The lowest BCUT2D eigenvalue weighted by molar-refractivity contribution is 0.171. The van der Waals surface area contributed by atoms with E-state index in [1.165, 1.54) is 4.31 Å². The smallest absolute Gasteiger partial charge is 0.246 e. The topological polar surface area (TPSA) is 46.6 Å². The Morgan fingerprint density at radius 1 is 1.16 bits per heavy atom. The average Bonchev–Trinajstić information content (AvgIpc) is 2.56. The van der Waals surface area contributed by atoms with Gasteiger partial charge in [0.2, 0.25) is 10.0 Å². The second kappa shape index (κ2) is 4.58. The van der Waals surface area contributed by atoms with Crippen molar-refractivity contribution in [2.75, 3.05) is 13.3 Å². The number of rotatable bonds is 2. The van der Waals surface area contributed by atoms with Gasteiger partial charge >= 0.3 is 0 Å². The third kappa shape index (κ3) is 2.42. The molecule has 0 bridgehead atoms. The van der Waals surface area contributed by atoms with Crippen LogP contribution in [0, 0.1) is 20.8 Å². The van der Waals surface area contributed by atoms with Crippen molar-refractivity contribution in [3.63, 3.8) is 0 Å². The molecule has 1 heterocycles. The molecule has 1 aliphatic heterocycles. The molecule has 2 rings (SSSR count). The van der Waals surface area contributed by atoms with Crippen molar-refractivity contribution >= 4 is 10.0 Å². The number of hydrogen-bond donors (Lipinski definition) is 0. The molecule has 1 aliphatic rings. The highest BCUT2D eigenvalue weighted by Crippen LogP contribution is 2.32. The first-order chi connectivity index (χ1) is 8.66. The third-order valence-corrected chi connectivity index (χ3v) is 5.83. The molecule has 0 radical (unpaired) electrons. The van der Waals surface area contributed by atoms with Crippen molar-refractivity contribution < 1.29 is 13.2 Å². The molecule has 0 aliphatic carbocycles. The Hall–Kier alpha value is -0.910. The van der Waals surface area contributed by atoms with E-state index in [0.29, 0.717) is 11.5 Å². The minimum Gasteiger partial charge on any atom is -0.363 e. The maximum absolute atomic E-state index is 12.8. The first-order valence-corrected chi connectivity index (χ1v) is 7.79. The highest BCUT2D eigenvalue weighted by Gasteiger charge is 2.43. The van der Waals surface area contributed by atoms with Crippen LogP contribution in [0.3, 0.4) is 0 Å². The van der Waals surface area contributed by atoms with Gasteiger partial charge in [-0.05, 0) is 45.7 Å². The minimum atomic E-state index is -3.52. The zero-order chi connectivity index (χ0) is 14.4. The van der Waals surface area contributed by atoms with Gasteiger partial charge in [0.1, 0.15) is 6.73 Å². The van der Waals surface area contributed by atoms with E-state index in [-0.39, 0.29) is 6.73 Å². The molecule has 0 unspecified atom stereocenters. The van der Waals surface area contributed by atoms with Gasteiger partial charge in [0.05, 0.1) is 17.0 Å². The summed E-state index contributed by atoms with van der Waals surface area (Å²) < 4.78 is 32.5. The van der Waals surface area contributed by atoms with Crippen molar-refractivity contribution in [2.24, 2.45) is 0 Å². The fourth-order valence-electron chi connectivity index (χ4n) is 2.70. The van der Waals surface area contributed by atoms with Crippen LogP contribution in [0.5, 0.6) is 0 Å². The van der Waals surface area contributed by atoms with Crippen LogP contribution in [0.15, 0.2) is 17.0 Å². The van der Waals surface area contributed by atoms with E-state index in [1.54, 1.807) is 0 Å². The summed E-state index contributed by atoms with van der Waals surface area (Å²) in [7, 11) is -3.52. The molecule has 0 atom stereocenters. The monoisotopic (exact) mass is 283 g/mol. The Bertz CT molecular complexity index is 582. The highest BCUT2D eigenvalue weighted by atomic mass is 32.2. The van der Waals surface area contributed by atoms with E-state index in [1.807, 2.05) is 46.8 Å². The van der Waals surface area contributed by atoms with Crippen molar-refractivity contribution in [1.82, 2.24) is 4.31 Å². The van der Waals surface area contributed by atoms with Gasteiger partial charge < -0.3 is 4.74 Å². The van der Waals surface area contributed by atoms with Crippen LogP contribution in [0.2, 0.25) is 0 Å². The molecular weight excluding hydrogens is 262 g/mol. The lowest BCUT2D eigenvalue weighted by Crippen LogP contribution is -2.44. The molecule has 1 aromatic carbocycles. The molecule has 0 amide bonds. The van der Waals surface area contributed by atoms with E-state index in [4.69, 9.17) is 4.74 Å². The predicted octanol–water partition coefficient (Wildman–Crippen LogP) is 2.37. The Kier molecular flexibility index (Phi) is 3.49. The van der Waals surface area contributed by atoms with Crippen LogP contribution in [0.25, 0.3) is 0 Å². The van der Waals surface area contributed by atoms with Crippen molar-refractivity contribution in [1.29, 1.82) is 0 Å². The summed E-state index contributed by atoms with van der Waals surface area (Å²) in [6.45, 7) is 9.98. The van der Waals surface area contributed by atoms with Gasteiger partial charge in [0, 0.05) is 0 Å². The normalized spacial score (nSPS) is 19.8. The van der Waals surface area contributed by atoms with Crippen molar-refractivity contribution in [3.05, 3.63) is 28.8 Å². The lowest BCUT2D eigenvalue weighted by Gasteiger charge is -2.29. The molecule has 1 fully saturated rings. The summed E-state index contributed by atoms with van der Waals surface area (Å²) in [6.07, 6.45) is 0. The summed E-state index contributed by atoms with van der Waals surface area (Å²) in [5, 5.41) is 0. The number of benzene rings is 1. The van der Waals surface area contributed by atoms with Crippen molar-refractivity contribution in [2.45, 2.75) is 45.1 Å². The zero-order valence-corrected chi connectivity index (χ0v) is 13.0. The van der Waals surface area contributed by atoms with Crippen molar-refractivity contribution in [3.8, 4) is 0 Å². The number of ether oxygens (including phenoxy) is 1. The largest absolute Gasteiger partial charge is 0.363 e. The van der Waals surface area contributed by atoms with E-state index in [9.17, 15) is 8.42 Å². The van der Waals surface area contributed by atoms with Crippen LogP contribution < -0.4 is 0 Å². The molecule has 106 valence electrons. The van der Waals surface area contributed by atoms with Crippen LogP contribution >= 0.6 is 0 Å². The number of aryl methyl sites for hydroxylation is 3. The molecular formula is C14H21NO3S. The Morgan fingerprint density at radius 3 is 2.11 bits per heavy atom. The maximum Gasteiger partial charge on any atom is 0.246 e. The van der Waals surface area contributed by atoms with E-state index in [2.05, 4.69) is 0 Å². The molecule has 1 aromatic rings. The van der Waals surface area contributed by atoms with E-state index < -0.39 is 15.6 Å². The molecule has 19 heavy (non-hydrogen) atoms. The van der Waals surface area contributed by atoms with Gasteiger partial charge in [-0.1, -0.05) is 17.7 Å². The zero-order valence-electron chi connectivity index (χ0n) is 12.1. The van der Waals surface area contributed by atoms with Gasteiger partial charge in [0.25, 0.3) is 0 Å². The number of hydrogen-bond acceptors (Lipinski definition) is 3. The summed E-state index contributed by atoms with van der Waals surface area (Å²) in [5.74, 6) is 0. The Labute approximate surface area is 115 Å². The summed E-state index contributed by atoms with van der Waals surface area (Å²) >= 11 is 0. The first-order valence-electron chi connectivity index (χ1n) is 6.35. The highest BCUT2D eigenvalue weighted by molar-refractivity contribution is 7.89. The van der Waals surface area contributed by atoms with Gasteiger partial charge in [-0.3, -0.25) is 0 Å². The van der Waals surface area contributed by atoms with Crippen LogP contribution in [0.4, 0.5) is 0 Å². The molecule has 0 saturated carbocycles. The number of nitrogens with zero attached hydrogens (tertiary/aromatic N) is 1. The summed E-state index contributed by atoms with van der Waals surface area (Å²) in [4.78, 5) is 0.414. The SMILES string of the molecule is Cc1cc(C)c(S(=O)(=O)N2COCC2(C)C)c(C)c1. The standard InChI is InChI=1S/C14H21NO3S/c1-10-6-11(2)13(12(3)7-10)19(16,17)15-9-18-8-14(15,4)5/h6-7H,8-9H2,1-5H3. The van der Waals surface area contributed by atoms with Crippen LogP contribution in [-0.2, 0) is 14.8 Å². The van der Waals surface area contributed by atoms with Crippen LogP contribution in [-0.4, -0.2) is 31.6 Å². The molecule has 0 aromatic heterocycles. The van der Waals surface area contributed by atoms with Gasteiger partial charge in [-0.15, -0.1) is 0 Å². The second-order valence-electron chi connectivity index (χ2n) is 5.87. The average molecular weight is 283 g/mol. The molecule has 5 heteroatoms. The maximum atomic E-state index is 12.8. The van der Waals surface area contributed by atoms with Gasteiger partial charge in [-0.2, -0.15) is 4.31 Å². The van der Waals surface area contributed by atoms with Crippen LogP contribution in [0.1, 0.15) is 30.5 Å².